The van der Waals surface area contributed by atoms with Gasteiger partial charge in [-0.15, -0.1) is 0 Å². The van der Waals surface area contributed by atoms with E-state index < -0.39 is 36.8 Å². The van der Waals surface area contributed by atoms with Crippen LogP contribution in [0.3, 0.4) is 0 Å². The van der Waals surface area contributed by atoms with Crippen LogP contribution in [0.4, 0.5) is 11.4 Å². The lowest BCUT2D eigenvalue weighted by Crippen LogP contribution is -2.30. The number of benzene rings is 4. The van der Waals surface area contributed by atoms with Crippen molar-refractivity contribution in [2.24, 2.45) is 5.92 Å². The van der Waals surface area contributed by atoms with Gasteiger partial charge < -0.3 is 14.8 Å². The highest BCUT2D eigenvalue weighted by Gasteiger charge is 2.46. The molecule has 0 radical (unpaired) electrons. The second-order valence-electron chi connectivity index (χ2n) is 17.4. The summed E-state index contributed by atoms with van der Waals surface area (Å²) in [7, 11) is -6.78. The molecule has 0 aromatic heterocycles. The molecule has 2 aliphatic heterocycles. The lowest BCUT2D eigenvalue weighted by atomic mass is 9.78. The lowest BCUT2D eigenvalue weighted by molar-refractivity contribution is -0.438. The van der Waals surface area contributed by atoms with E-state index in [1.807, 2.05) is 36.4 Å². The van der Waals surface area contributed by atoms with Gasteiger partial charge in [-0.05, 0) is 102 Å². The van der Waals surface area contributed by atoms with Crippen LogP contribution in [-0.4, -0.2) is 73.8 Å². The van der Waals surface area contributed by atoms with Crippen molar-refractivity contribution in [1.29, 1.82) is 0 Å². The van der Waals surface area contributed by atoms with Crippen molar-refractivity contribution in [3.63, 3.8) is 0 Å². The molecule has 1 unspecified atom stereocenters. The summed E-state index contributed by atoms with van der Waals surface area (Å²) in [6.07, 6.45) is 10.6. The van der Waals surface area contributed by atoms with E-state index in [0.717, 1.165) is 61.0 Å². The number of unbranched alkanes of at least 4 members (excludes halogenated alkanes) is 2. The van der Waals surface area contributed by atoms with E-state index in [4.69, 9.17) is 11.6 Å². The summed E-state index contributed by atoms with van der Waals surface area (Å²) in [6.45, 7) is 9.78. The minimum absolute atomic E-state index is 0.0863. The zero-order valence-corrected chi connectivity index (χ0v) is 37.8. The Morgan fingerprint density at radius 2 is 1.48 bits per heavy atom. The fourth-order valence-corrected chi connectivity index (χ4v) is 11.1. The molecular formula is C48H54ClN3O7S2. The molecule has 4 aromatic carbocycles. The number of halogens is 1. The quantitative estimate of drug-likeness (QED) is 0.0725. The Kier molecular flexibility index (Phi) is 12.6. The number of rotatable bonds is 14. The number of nitrogens with one attached hydrogen (secondary N) is 1. The first-order chi connectivity index (χ1) is 28.8. The first kappa shape index (κ1) is 44.5. The van der Waals surface area contributed by atoms with Gasteiger partial charge in [0, 0.05) is 71.2 Å². The van der Waals surface area contributed by atoms with Crippen molar-refractivity contribution in [3.05, 3.63) is 130 Å². The van der Waals surface area contributed by atoms with E-state index in [2.05, 4.69) is 103 Å². The molecule has 0 saturated carbocycles. The van der Waals surface area contributed by atoms with Gasteiger partial charge in [-0.2, -0.15) is 13.0 Å². The Hall–Kier alpha value is -4.59. The van der Waals surface area contributed by atoms with E-state index >= 15 is 0 Å². The Morgan fingerprint density at radius 3 is 2.13 bits per heavy atom. The minimum atomic E-state index is -4.33. The number of fused-ring (bicyclic) bond motifs is 6. The third kappa shape index (κ3) is 9.15. The summed E-state index contributed by atoms with van der Waals surface area (Å²) >= 11 is 7.37. The van der Waals surface area contributed by atoms with E-state index in [0.29, 0.717) is 50.2 Å². The summed E-state index contributed by atoms with van der Waals surface area (Å²) < 4.78 is 69.1. The zero-order chi connectivity index (χ0) is 43.9. The molecule has 322 valence electrons. The normalized spacial score (nSPS) is 20.1. The number of allylic oxidation sites excluding steroid dienone is 8. The molecule has 0 fully saturated rings. The van der Waals surface area contributed by atoms with Gasteiger partial charge in [0.25, 0.3) is 10.1 Å². The second kappa shape index (κ2) is 17.3. The smallest absolute Gasteiger partial charge is 0.264 e. The highest BCUT2D eigenvalue weighted by atomic mass is 35.5. The number of carbonyl (C=O) groups excluding carboxylic acids is 1. The Labute approximate surface area is 364 Å². The highest BCUT2D eigenvalue weighted by Crippen LogP contribution is 2.51. The number of hydrogen-bond acceptors (Lipinski definition) is 7. The van der Waals surface area contributed by atoms with Crippen molar-refractivity contribution in [1.82, 2.24) is 5.32 Å². The zero-order valence-electron chi connectivity index (χ0n) is 35.4. The van der Waals surface area contributed by atoms with Crippen LogP contribution in [0, 0.1) is 5.92 Å². The number of carbonyl (C=O) groups is 1. The molecular weight excluding hydrogens is 830 g/mol. The summed E-state index contributed by atoms with van der Waals surface area (Å²) in [6, 6.07) is 25.0. The van der Waals surface area contributed by atoms with Crippen LogP contribution in [0.2, 0.25) is 0 Å². The third-order valence-electron chi connectivity index (χ3n) is 12.6. The second-order valence-corrected chi connectivity index (χ2v) is 20.9. The summed E-state index contributed by atoms with van der Waals surface area (Å²) in [5.74, 6) is -1.19. The number of nitrogens with zero attached hydrogens (tertiary/aromatic N) is 2. The summed E-state index contributed by atoms with van der Waals surface area (Å²) in [4.78, 5) is 15.6. The predicted molar refractivity (Wildman–Crippen MR) is 246 cm³/mol. The van der Waals surface area contributed by atoms with Gasteiger partial charge in [-0.25, -0.2) is 8.42 Å². The van der Waals surface area contributed by atoms with Gasteiger partial charge in [0.2, 0.25) is 11.6 Å². The maximum Gasteiger partial charge on any atom is 0.264 e. The van der Waals surface area contributed by atoms with Gasteiger partial charge >= 0.3 is 0 Å². The molecule has 3 aliphatic rings. The van der Waals surface area contributed by atoms with Gasteiger partial charge in [-0.3, -0.25) is 9.35 Å². The average Bonchev–Trinajstić information content (AvgIpc) is 3.57. The molecule has 2 heterocycles. The largest absolute Gasteiger partial charge is 0.748 e. The maximum atomic E-state index is 13.4. The van der Waals surface area contributed by atoms with Gasteiger partial charge in [0.1, 0.15) is 6.54 Å². The molecule has 0 spiro atoms. The molecule has 4 aromatic rings. The van der Waals surface area contributed by atoms with E-state index in [-0.39, 0.29) is 24.0 Å². The van der Waals surface area contributed by atoms with Crippen LogP contribution in [0.15, 0.2) is 119 Å². The molecule has 1 amide bonds. The standard InChI is InChI=1S/C48H54ClN3O7S2/c1-47(2)41(51(26-10-12-28-60(54,55)56)39-22-18-32-14-6-8-16-37(32)43(39)47)24-20-34-30-36(46(53)50-5)31-35(45(34)49)21-25-42-48(3,4)44-38-17-9-7-15-33(38)19-23-40(44)52(42)27-11-13-29-61(57,58)59/h6-9,14-25,36H,10-13,26-31H2,1-5H3,(H2-,50,53,54,55,56,57,58,59). The fourth-order valence-electron chi connectivity index (χ4n) is 9.68. The van der Waals surface area contributed by atoms with E-state index in [9.17, 15) is 30.7 Å². The highest BCUT2D eigenvalue weighted by molar-refractivity contribution is 7.85. The van der Waals surface area contributed by atoms with Crippen LogP contribution in [-0.2, 0) is 35.9 Å². The first-order valence-electron chi connectivity index (χ1n) is 20.9. The molecule has 1 aliphatic carbocycles. The van der Waals surface area contributed by atoms with Crippen LogP contribution in [0.5, 0.6) is 0 Å². The third-order valence-corrected chi connectivity index (χ3v) is 14.6. The SMILES string of the molecule is CNC(=O)C1CC(=CC=C2N(CCCCS(=O)(=O)[O-])c3ccc4ccccc4c3C2(C)C)C(Cl)=C(C=CC2=[N+](CCCCS(=O)(=O)O)c3ccc4ccccc4c3C2(C)C)C1. The first-order valence-corrected chi connectivity index (χ1v) is 24.4. The van der Waals surface area contributed by atoms with Crippen molar-refractivity contribution in [2.75, 3.05) is 36.5 Å². The minimum Gasteiger partial charge on any atom is -0.748 e. The topological polar surface area (TPSA) is 147 Å². The number of hydrogen-bond donors (Lipinski definition) is 2. The molecule has 0 bridgehead atoms. The predicted octanol–water partition coefficient (Wildman–Crippen LogP) is 9.18. The summed E-state index contributed by atoms with van der Waals surface area (Å²) in [5.41, 5.74) is 7.14. The molecule has 7 rings (SSSR count). The Morgan fingerprint density at radius 1 is 0.836 bits per heavy atom. The lowest BCUT2D eigenvalue weighted by Gasteiger charge is -2.28. The molecule has 2 N–H and O–H groups in total. The van der Waals surface area contributed by atoms with Gasteiger partial charge in [-0.1, -0.05) is 92.2 Å². The fraction of sp³-hybridized carbons (Fsp3) is 0.375. The maximum absolute atomic E-state index is 13.4. The van der Waals surface area contributed by atoms with Crippen LogP contribution in [0.1, 0.15) is 77.3 Å². The Balaban J connectivity index is 1.30. The van der Waals surface area contributed by atoms with Crippen LogP contribution < -0.4 is 10.2 Å². The van der Waals surface area contributed by atoms with Crippen molar-refractivity contribution >= 4 is 76.4 Å². The molecule has 1 atom stereocenters. The monoisotopic (exact) mass is 883 g/mol. The summed E-state index contributed by atoms with van der Waals surface area (Å²) in [5, 5.41) is 7.92. The number of amides is 1. The van der Waals surface area contributed by atoms with Crippen LogP contribution >= 0.6 is 11.6 Å². The molecule has 0 saturated heterocycles. The molecule has 13 heteroatoms. The van der Waals surface area contributed by atoms with Crippen molar-refractivity contribution < 1.29 is 35.3 Å². The van der Waals surface area contributed by atoms with Gasteiger partial charge in [0.05, 0.1) is 21.3 Å². The Bertz CT molecular complexity index is 2800. The molecule has 61 heavy (non-hydrogen) atoms. The number of anilines is 1. The molecule has 10 nitrogen and oxygen atoms in total. The van der Waals surface area contributed by atoms with Gasteiger partial charge in [0.15, 0.2) is 5.71 Å². The van der Waals surface area contributed by atoms with Crippen molar-refractivity contribution in [2.45, 2.75) is 77.0 Å². The van der Waals surface area contributed by atoms with E-state index in [1.165, 1.54) is 5.56 Å². The van der Waals surface area contributed by atoms with Crippen LogP contribution in [0.25, 0.3) is 21.5 Å². The average molecular weight is 885 g/mol. The van der Waals surface area contributed by atoms with E-state index in [1.54, 1.807) is 7.05 Å². The van der Waals surface area contributed by atoms with Crippen molar-refractivity contribution in [3.8, 4) is 0 Å².